The molecule has 188 valence electrons. The third-order valence-electron chi connectivity index (χ3n) is 5.83. The summed E-state index contributed by atoms with van der Waals surface area (Å²) in [6.45, 7) is 12.5. The summed E-state index contributed by atoms with van der Waals surface area (Å²) in [7, 11) is 0. The van der Waals surface area contributed by atoms with Gasteiger partial charge in [-0.25, -0.2) is 9.59 Å². The molecule has 0 aromatic heterocycles. The van der Waals surface area contributed by atoms with Crippen LogP contribution in [-0.2, 0) is 9.47 Å². The van der Waals surface area contributed by atoms with E-state index in [0.717, 1.165) is 38.5 Å². The lowest BCUT2D eigenvalue weighted by molar-refractivity contribution is 0.0459. The summed E-state index contributed by atoms with van der Waals surface area (Å²) < 4.78 is 10.5. The third-order valence-corrected chi connectivity index (χ3v) is 5.83. The van der Waals surface area contributed by atoms with E-state index in [9.17, 15) is 9.59 Å². The summed E-state index contributed by atoms with van der Waals surface area (Å²) in [4.78, 5) is 23.2. The van der Waals surface area contributed by atoms with E-state index in [1.54, 1.807) is 0 Å². The molecule has 32 heavy (non-hydrogen) atoms. The Balaban J connectivity index is 0.000000320. The van der Waals surface area contributed by atoms with Gasteiger partial charge in [-0.15, -0.1) is 0 Å². The highest BCUT2D eigenvalue weighted by Gasteiger charge is 2.28. The standard InChI is InChI=1S/2C12H24N2O2/c2*1-12(2,3)16-11(15)14-10-7-5-4-6-9(10)8-13/h2*9-10H,4-8,13H2,1-3H3,(H,14,15)/t2*9-,10+/m10/s1. The molecule has 4 atom stereocenters. The van der Waals surface area contributed by atoms with Crippen LogP contribution in [0.15, 0.2) is 0 Å². The molecule has 2 rings (SSSR count). The summed E-state index contributed by atoms with van der Waals surface area (Å²) in [5, 5.41) is 5.87. The summed E-state index contributed by atoms with van der Waals surface area (Å²) in [6.07, 6.45) is 8.36. The van der Waals surface area contributed by atoms with Crippen molar-refractivity contribution in [2.24, 2.45) is 23.3 Å². The number of alkyl carbamates (subject to hydrolysis) is 2. The number of ether oxygens (including phenoxy) is 2. The van der Waals surface area contributed by atoms with E-state index in [1.165, 1.54) is 12.8 Å². The van der Waals surface area contributed by atoms with Gasteiger partial charge in [0.2, 0.25) is 0 Å². The fourth-order valence-corrected chi connectivity index (χ4v) is 4.28. The average Bonchev–Trinajstić information content (AvgIpc) is 2.66. The molecule has 2 aliphatic rings. The van der Waals surface area contributed by atoms with Crippen LogP contribution in [-0.4, -0.2) is 48.6 Å². The van der Waals surface area contributed by atoms with Gasteiger partial charge in [-0.2, -0.15) is 0 Å². The van der Waals surface area contributed by atoms with Crippen molar-refractivity contribution in [1.82, 2.24) is 10.6 Å². The minimum atomic E-state index is -0.434. The zero-order valence-electron chi connectivity index (χ0n) is 21.2. The number of hydrogen-bond acceptors (Lipinski definition) is 6. The van der Waals surface area contributed by atoms with E-state index in [4.69, 9.17) is 20.9 Å². The van der Waals surface area contributed by atoms with Gasteiger partial charge in [0.05, 0.1) is 0 Å². The first kappa shape index (κ1) is 28.5. The Morgan fingerprint density at radius 3 is 1.28 bits per heavy atom. The van der Waals surface area contributed by atoms with Crippen LogP contribution in [0.4, 0.5) is 9.59 Å². The van der Waals surface area contributed by atoms with Crippen molar-refractivity contribution in [1.29, 1.82) is 0 Å². The van der Waals surface area contributed by atoms with Crippen molar-refractivity contribution >= 4 is 12.2 Å². The molecule has 8 heteroatoms. The third kappa shape index (κ3) is 11.9. The van der Waals surface area contributed by atoms with Crippen molar-refractivity contribution < 1.29 is 19.1 Å². The number of carbonyl (C=O) groups is 2. The van der Waals surface area contributed by atoms with Gasteiger partial charge in [0.25, 0.3) is 0 Å². The van der Waals surface area contributed by atoms with E-state index in [2.05, 4.69) is 10.6 Å². The molecule has 0 unspecified atom stereocenters. The first-order chi connectivity index (χ1) is 14.8. The van der Waals surface area contributed by atoms with Gasteiger partial charge in [0.1, 0.15) is 11.2 Å². The fourth-order valence-electron chi connectivity index (χ4n) is 4.28. The van der Waals surface area contributed by atoms with Crippen molar-refractivity contribution in [2.75, 3.05) is 13.1 Å². The predicted octanol–water partition coefficient (Wildman–Crippen LogP) is 4.06. The van der Waals surface area contributed by atoms with Crippen molar-refractivity contribution in [2.45, 2.75) is 116 Å². The van der Waals surface area contributed by atoms with Gasteiger partial charge >= 0.3 is 12.2 Å². The first-order valence-corrected chi connectivity index (χ1v) is 12.2. The highest BCUT2D eigenvalue weighted by molar-refractivity contribution is 5.68. The molecule has 6 N–H and O–H groups in total. The molecule has 0 aromatic rings. The van der Waals surface area contributed by atoms with Crippen LogP contribution in [0.1, 0.15) is 92.9 Å². The molecule has 0 spiro atoms. The molecular formula is C24H48N4O4. The predicted molar refractivity (Wildman–Crippen MR) is 128 cm³/mol. The van der Waals surface area contributed by atoms with Crippen LogP contribution >= 0.6 is 0 Å². The lowest BCUT2D eigenvalue weighted by Crippen LogP contribution is -2.46. The van der Waals surface area contributed by atoms with Crippen LogP contribution in [0.2, 0.25) is 0 Å². The molecule has 0 heterocycles. The number of nitrogens with one attached hydrogen (secondary N) is 2. The second-order valence-electron chi connectivity index (χ2n) is 11.1. The quantitative estimate of drug-likeness (QED) is 0.505. The minimum absolute atomic E-state index is 0.189. The lowest BCUT2D eigenvalue weighted by atomic mass is 9.85. The Kier molecular flexibility index (Phi) is 11.8. The highest BCUT2D eigenvalue weighted by atomic mass is 16.6. The molecule has 0 radical (unpaired) electrons. The van der Waals surface area contributed by atoms with E-state index in [0.29, 0.717) is 24.9 Å². The normalized spacial score (nSPS) is 26.2. The number of carbonyl (C=O) groups excluding carboxylic acids is 2. The van der Waals surface area contributed by atoms with E-state index in [-0.39, 0.29) is 24.3 Å². The molecule has 0 saturated heterocycles. The molecule has 2 fully saturated rings. The van der Waals surface area contributed by atoms with Crippen molar-refractivity contribution in [3.05, 3.63) is 0 Å². The molecule has 2 amide bonds. The fraction of sp³-hybridized carbons (Fsp3) is 0.917. The monoisotopic (exact) mass is 456 g/mol. The smallest absolute Gasteiger partial charge is 0.407 e. The van der Waals surface area contributed by atoms with Gasteiger partial charge < -0.3 is 31.6 Å². The van der Waals surface area contributed by atoms with E-state index < -0.39 is 11.2 Å². The summed E-state index contributed by atoms with van der Waals surface area (Å²) in [6, 6.07) is 0.377. The minimum Gasteiger partial charge on any atom is -0.444 e. The molecule has 0 aliphatic heterocycles. The lowest BCUT2D eigenvalue weighted by Gasteiger charge is -2.32. The summed E-state index contributed by atoms with van der Waals surface area (Å²) in [5.41, 5.74) is 10.5. The van der Waals surface area contributed by atoms with Gasteiger partial charge in [-0.1, -0.05) is 25.7 Å². The largest absolute Gasteiger partial charge is 0.444 e. The Morgan fingerprint density at radius 1 is 0.688 bits per heavy atom. The van der Waals surface area contributed by atoms with Gasteiger partial charge in [0.15, 0.2) is 0 Å². The first-order valence-electron chi connectivity index (χ1n) is 12.2. The summed E-state index contributed by atoms with van der Waals surface area (Å²) >= 11 is 0. The molecule has 0 aromatic carbocycles. The maximum Gasteiger partial charge on any atom is 0.407 e. The number of hydrogen-bond donors (Lipinski definition) is 4. The van der Waals surface area contributed by atoms with Crippen LogP contribution < -0.4 is 22.1 Å². The number of rotatable bonds is 4. The van der Waals surface area contributed by atoms with Crippen molar-refractivity contribution in [3.8, 4) is 0 Å². The molecule has 2 saturated carbocycles. The second-order valence-corrected chi connectivity index (χ2v) is 11.1. The maximum atomic E-state index is 11.6. The maximum absolute atomic E-state index is 11.6. The van der Waals surface area contributed by atoms with Crippen LogP contribution in [0, 0.1) is 11.8 Å². The molecular weight excluding hydrogens is 408 g/mol. The highest BCUT2D eigenvalue weighted by Crippen LogP contribution is 2.24. The molecule has 2 aliphatic carbocycles. The van der Waals surface area contributed by atoms with Crippen LogP contribution in [0.5, 0.6) is 0 Å². The Hall–Kier alpha value is -1.54. The average molecular weight is 457 g/mol. The SMILES string of the molecule is CC(C)(C)OC(=O)N[C@@H]1CCCC[C@H]1CN.CC(C)(C)OC(=O)N[C@H]1CCCC[C@@H]1CN. The zero-order valence-corrected chi connectivity index (χ0v) is 21.2. The topological polar surface area (TPSA) is 129 Å². The van der Waals surface area contributed by atoms with Crippen molar-refractivity contribution in [3.63, 3.8) is 0 Å². The summed E-state index contributed by atoms with van der Waals surface area (Å²) in [5.74, 6) is 0.808. The van der Waals surface area contributed by atoms with E-state index >= 15 is 0 Å². The van der Waals surface area contributed by atoms with Crippen LogP contribution in [0.25, 0.3) is 0 Å². The van der Waals surface area contributed by atoms with Crippen LogP contribution in [0.3, 0.4) is 0 Å². The van der Waals surface area contributed by atoms with Gasteiger partial charge in [0, 0.05) is 12.1 Å². The Morgan fingerprint density at radius 2 is 1.00 bits per heavy atom. The number of amides is 2. The van der Waals surface area contributed by atoms with Gasteiger partial charge in [-0.05, 0) is 92.2 Å². The second kappa shape index (κ2) is 13.2. The molecule has 0 bridgehead atoms. The van der Waals surface area contributed by atoms with Gasteiger partial charge in [-0.3, -0.25) is 0 Å². The zero-order chi connectivity index (χ0) is 24.4. The van der Waals surface area contributed by atoms with E-state index in [1.807, 2.05) is 41.5 Å². The Bertz CT molecular complexity index is 521. The molecule has 8 nitrogen and oxygen atoms in total. The Labute approximate surface area is 194 Å². The number of nitrogens with two attached hydrogens (primary N) is 2.